The Morgan fingerprint density at radius 1 is 0.960 bits per heavy atom. The summed E-state index contributed by atoms with van der Waals surface area (Å²) in [5.41, 5.74) is 0.0126. The van der Waals surface area contributed by atoms with Gasteiger partial charge in [0.25, 0.3) is 0 Å². The molecule has 4 saturated carbocycles. The van der Waals surface area contributed by atoms with Crippen LogP contribution in [0.2, 0.25) is 0 Å². The predicted molar refractivity (Wildman–Crippen MR) is 102 cm³/mol. The van der Waals surface area contributed by atoms with E-state index in [0.29, 0.717) is 11.3 Å². The van der Waals surface area contributed by atoms with E-state index >= 15 is 0 Å². The van der Waals surface area contributed by atoms with E-state index in [-0.39, 0.29) is 11.7 Å². The number of rotatable bonds is 2. The van der Waals surface area contributed by atoms with Crippen molar-refractivity contribution in [2.45, 2.75) is 103 Å². The Morgan fingerprint density at radius 2 is 1.72 bits per heavy atom. The van der Waals surface area contributed by atoms with Crippen LogP contribution in [-0.4, -0.2) is 21.9 Å². The molecule has 0 radical (unpaired) electrons. The van der Waals surface area contributed by atoms with Crippen molar-refractivity contribution in [3.8, 4) is 0 Å². The fourth-order valence-corrected chi connectivity index (χ4v) is 8.32. The van der Waals surface area contributed by atoms with Crippen LogP contribution in [0.15, 0.2) is 0 Å². The van der Waals surface area contributed by atoms with Crippen molar-refractivity contribution in [1.82, 2.24) is 0 Å². The molecule has 0 aromatic carbocycles. The topological polar surface area (TPSA) is 40.5 Å². The van der Waals surface area contributed by atoms with Gasteiger partial charge in [0.05, 0.1) is 11.7 Å². The molecule has 144 valence electrons. The lowest BCUT2D eigenvalue weighted by Gasteiger charge is -2.61. The van der Waals surface area contributed by atoms with E-state index in [1.165, 1.54) is 51.4 Å². The van der Waals surface area contributed by atoms with Crippen molar-refractivity contribution < 1.29 is 10.2 Å². The van der Waals surface area contributed by atoms with Crippen LogP contribution in [0.4, 0.5) is 0 Å². The molecule has 9 atom stereocenters. The molecule has 2 unspecified atom stereocenters. The Labute approximate surface area is 154 Å². The lowest BCUT2D eigenvalue weighted by molar-refractivity contribution is -0.144. The smallest absolute Gasteiger partial charge is 0.0648 e. The van der Waals surface area contributed by atoms with Gasteiger partial charge in [0.1, 0.15) is 0 Å². The SMILES string of the molecule is CC[C@@]1(O)CC[C@H]2[C@H](CC[C@@H]3[C@@H]2CC[C@]2(C)C(C(C)O)CCC[C@@H]32)C1. The summed E-state index contributed by atoms with van der Waals surface area (Å²) in [6.45, 7) is 6.72. The normalized spacial score (nSPS) is 54.1. The summed E-state index contributed by atoms with van der Waals surface area (Å²) >= 11 is 0. The molecule has 4 fully saturated rings. The Hall–Kier alpha value is -0.0800. The zero-order valence-electron chi connectivity index (χ0n) is 16.7. The van der Waals surface area contributed by atoms with Crippen molar-refractivity contribution in [3.05, 3.63) is 0 Å². The van der Waals surface area contributed by atoms with Gasteiger partial charge in [0, 0.05) is 0 Å². The van der Waals surface area contributed by atoms with Crippen LogP contribution in [-0.2, 0) is 0 Å². The van der Waals surface area contributed by atoms with E-state index in [1.54, 1.807) is 0 Å². The first-order valence-corrected chi connectivity index (χ1v) is 11.3. The Morgan fingerprint density at radius 3 is 2.44 bits per heavy atom. The summed E-state index contributed by atoms with van der Waals surface area (Å²) in [5.74, 6) is 4.82. The van der Waals surface area contributed by atoms with Gasteiger partial charge in [-0.15, -0.1) is 0 Å². The molecular weight excluding hydrogens is 308 g/mol. The molecule has 2 nitrogen and oxygen atoms in total. The number of aliphatic hydroxyl groups excluding tert-OH is 1. The fourth-order valence-electron chi connectivity index (χ4n) is 8.32. The van der Waals surface area contributed by atoms with Gasteiger partial charge in [-0.25, -0.2) is 0 Å². The molecule has 0 aromatic rings. The van der Waals surface area contributed by atoms with Gasteiger partial charge >= 0.3 is 0 Å². The molecule has 4 aliphatic carbocycles. The Kier molecular flexibility index (Phi) is 4.77. The quantitative estimate of drug-likeness (QED) is 0.723. The molecule has 0 aliphatic heterocycles. The summed E-state index contributed by atoms with van der Waals surface area (Å²) < 4.78 is 0. The van der Waals surface area contributed by atoms with E-state index in [1.807, 2.05) is 6.92 Å². The molecule has 0 aromatic heterocycles. The minimum Gasteiger partial charge on any atom is -0.393 e. The van der Waals surface area contributed by atoms with Crippen molar-refractivity contribution in [3.63, 3.8) is 0 Å². The molecular formula is C23H40O2. The molecule has 0 saturated heterocycles. The number of fused-ring (bicyclic) bond motifs is 5. The zero-order chi connectivity index (χ0) is 17.8. The average Bonchev–Trinajstić information content (AvgIpc) is 2.59. The molecule has 4 rings (SSSR count). The summed E-state index contributed by atoms with van der Waals surface area (Å²) in [6, 6.07) is 0. The second-order valence-electron chi connectivity index (χ2n) is 10.6. The average molecular weight is 349 g/mol. The summed E-state index contributed by atoms with van der Waals surface area (Å²) in [4.78, 5) is 0. The minimum absolute atomic E-state index is 0.144. The molecule has 4 aliphatic rings. The molecule has 2 heteroatoms. The van der Waals surface area contributed by atoms with Crippen LogP contribution < -0.4 is 0 Å². The summed E-state index contributed by atoms with van der Waals surface area (Å²) in [7, 11) is 0. The first-order chi connectivity index (χ1) is 11.9. The number of aliphatic hydroxyl groups is 2. The number of hydrogen-bond donors (Lipinski definition) is 2. The van der Waals surface area contributed by atoms with Crippen LogP contribution in [0.1, 0.15) is 91.4 Å². The van der Waals surface area contributed by atoms with Crippen LogP contribution in [0.25, 0.3) is 0 Å². The Bertz CT molecular complexity index is 488. The van der Waals surface area contributed by atoms with Crippen LogP contribution in [0.3, 0.4) is 0 Å². The van der Waals surface area contributed by atoms with Gasteiger partial charge in [-0.1, -0.05) is 20.3 Å². The lowest BCUT2D eigenvalue weighted by atomic mass is 9.44. The van der Waals surface area contributed by atoms with Gasteiger partial charge in [-0.2, -0.15) is 0 Å². The van der Waals surface area contributed by atoms with Gasteiger partial charge < -0.3 is 10.2 Å². The lowest BCUT2D eigenvalue weighted by Crippen LogP contribution is -2.55. The molecule has 0 spiro atoms. The maximum Gasteiger partial charge on any atom is 0.0648 e. The van der Waals surface area contributed by atoms with Gasteiger partial charge in [-0.05, 0) is 112 Å². The van der Waals surface area contributed by atoms with Crippen molar-refractivity contribution in [1.29, 1.82) is 0 Å². The molecule has 0 amide bonds. The third kappa shape index (κ3) is 2.90. The third-order valence-electron chi connectivity index (χ3n) is 9.66. The van der Waals surface area contributed by atoms with Crippen LogP contribution in [0, 0.1) is 40.9 Å². The highest BCUT2D eigenvalue weighted by Gasteiger charge is 2.56. The molecule has 25 heavy (non-hydrogen) atoms. The standard InChI is InChI=1S/C23H40O2/c1-4-23(25)13-11-17-16(14-23)8-9-19-18(17)10-12-22(3)20(15(2)24)6-5-7-21(19)22/h15-21,24-25H,4-14H2,1-3H3/t15?,16-,17+,18-,19-,20?,21+,22-,23-/m1/s1. The van der Waals surface area contributed by atoms with E-state index in [0.717, 1.165) is 48.9 Å². The minimum atomic E-state index is -0.362. The van der Waals surface area contributed by atoms with Crippen molar-refractivity contribution >= 4 is 0 Å². The van der Waals surface area contributed by atoms with E-state index in [4.69, 9.17) is 0 Å². The molecule has 2 N–H and O–H groups in total. The maximum atomic E-state index is 10.8. The highest BCUT2D eigenvalue weighted by molar-refractivity contribution is 5.06. The van der Waals surface area contributed by atoms with Crippen LogP contribution in [0.5, 0.6) is 0 Å². The van der Waals surface area contributed by atoms with E-state index in [9.17, 15) is 10.2 Å². The highest BCUT2D eigenvalue weighted by atomic mass is 16.3. The highest BCUT2D eigenvalue weighted by Crippen LogP contribution is 2.63. The molecule has 0 bridgehead atoms. The second-order valence-corrected chi connectivity index (χ2v) is 10.6. The first kappa shape index (κ1) is 18.3. The molecule has 0 heterocycles. The van der Waals surface area contributed by atoms with Gasteiger partial charge in [0.15, 0.2) is 0 Å². The first-order valence-electron chi connectivity index (χ1n) is 11.3. The fraction of sp³-hybridized carbons (Fsp3) is 1.00. The van der Waals surface area contributed by atoms with Gasteiger partial charge in [0.2, 0.25) is 0 Å². The predicted octanol–water partition coefficient (Wildman–Crippen LogP) is 5.17. The Balaban J connectivity index is 1.54. The third-order valence-corrected chi connectivity index (χ3v) is 9.66. The van der Waals surface area contributed by atoms with Crippen LogP contribution >= 0.6 is 0 Å². The van der Waals surface area contributed by atoms with Crippen molar-refractivity contribution in [2.24, 2.45) is 40.9 Å². The van der Waals surface area contributed by atoms with Crippen molar-refractivity contribution in [2.75, 3.05) is 0 Å². The second kappa shape index (κ2) is 6.51. The summed E-state index contributed by atoms with van der Waals surface area (Å²) in [6.07, 6.45) is 13.6. The van der Waals surface area contributed by atoms with Gasteiger partial charge in [-0.3, -0.25) is 0 Å². The number of hydrogen-bond acceptors (Lipinski definition) is 2. The van der Waals surface area contributed by atoms with E-state index in [2.05, 4.69) is 13.8 Å². The zero-order valence-corrected chi connectivity index (χ0v) is 16.7. The van der Waals surface area contributed by atoms with E-state index < -0.39 is 0 Å². The monoisotopic (exact) mass is 348 g/mol. The largest absolute Gasteiger partial charge is 0.393 e. The summed E-state index contributed by atoms with van der Waals surface area (Å²) in [5, 5.41) is 21.2. The maximum absolute atomic E-state index is 10.8.